The third-order valence-corrected chi connectivity index (χ3v) is 5.18. The van der Waals surface area contributed by atoms with E-state index in [0.717, 1.165) is 4.88 Å². The maximum absolute atomic E-state index is 12.9. The molecule has 0 unspecified atom stereocenters. The van der Waals surface area contributed by atoms with Gasteiger partial charge in [-0.2, -0.15) is 0 Å². The van der Waals surface area contributed by atoms with Gasteiger partial charge in [-0.3, -0.25) is 14.5 Å². The zero-order valence-electron chi connectivity index (χ0n) is 14.9. The van der Waals surface area contributed by atoms with Crippen molar-refractivity contribution in [2.24, 2.45) is 0 Å². The van der Waals surface area contributed by atoms with Gasteiger partial charge in [0.25, 0.3) is 5.91 Å². The molecule has 1 aromatic carbocycles. The van der Waals surface area contributed by atoms with Crippen LogP contribution in [0.25, 0.3) is 0 Å². The Morgan fingerprint density at radius 1 is 1.11 bits per heavy atom. The number of rotatable bonds is 7. The molecule has 3 rings (SSSR count). The van der Waals surface area contributed by atoms with Crippen LogP contribution in [-0.4, -0.2) is 60.9 Å². The molecular formula is C19H22FN3O3S. The predicted octanol–water partition coefficient (Wildman–Crippen LogP) is 1.73. The number of hydrogen-bond acceptors (Lipinski definition) is 5. The minimum Gasteiger partial charge on any atom is -0.484 e. The second kappa shape index (κ2) is 9.48. The molecule has 2 heterocycles. The number of nitrogens with one attached hydrogen (secondary N) is 1. The lowest BCUT2D eigenvalue weighted by Crippen LogP contribution is -2.52. The Balaban J connectivity index is 1.34. The maximum atomic E-state index is 12.9. The highest BCUT2D eigenvalue weighted by Crippen LogP contribution is 2.12. The van der Waals surface area contributed by atoms with E-state index >= 15 is 0 Å². The fourth-order valence-electron chi connectivity index (χ4n) is 2.78. The van der Waals surface area contributed by atoms with Crippen molar-refractivity contribution < 1.29 is 18.7 Å². The highest BCUT2D eigenvalue weighted by Gasteiger charge is 2.22. The van der Waals surface area contributed by atoms with Gasteiger partial charge in [0.05, 0.1) is 13.1 Å². The van der Waals surface area contributed by atoms with Crippen LogP contribution in [0.3, 0.4) is 0 Å². The largest absolute Gasteiger partial charge is 0.484 e. The first-order chi connectivity index (χ1) is 13.1. The first-order valence-corrected chi connectivity index (χ1v) is 9.66. The molecule has 0 bridgehead atoms. The first kappa shape index (κ1) is 19.3. The van der Waals surface area contributed by atoms with Crippen molar-refractivity contribution in [2.75, 3.05) is 39.3 Å². The summed E-state index contributed by atoms with van der Waals surface area (Å²) >= 11 is 1.62. The van der Waals surface area contributed by atoms with Crippen LogP contribution in [0.2, 0.25) is 0 Å². The number of carbonyl (C=O) groups is 2. The normalized spacial score (nSPS) is 14.8. The Hall–Kier alpha value is -2.45. The lowest BCUT2D eigenvalue weighted by molar-refractivity contribution is -0.135. The molecule has 0 atom stereocenters. The van der Waals surface area contributed by atoms with E-state index in [9.17, 15) is 14.0 Å². The molecule has 1 aliphatic rings. The summed E-state index contributed by atoms with van der Waals surface area (Å²) in [6, 6.07) is 9.53. The van der Waals surface area contributed by atoms with E-state index in [-0.39, 0.29) is 24.2 Å². The van der Waals surface area contributed by atoms with Crippen molar-refractivity contribution in [3.8, 4) is 5.75 Å². The van der Waals surface area contributed by atoms with Crippen LogP contribution >= 0.6 is 11.3 Å². The summed E-state index contributed by atoms with van der Waals surface area (Å²) in [5, 5.41) is 4.89. The van der Waals surface area contributed by atoms with Gasteiger partial charge in [-0.1, -0.05) is 6.07 Å². The molecule has 0 spiro atoms. The Bertz CT molecular complexity index is 744. The van der Waals surface area contributed by atoms with Crippen LogP contribution in [-0.2, 0) is 16.1 Å². The van der Waals surface area contributed by atoms with Gasteiger partial charge in [0.2, 0.25) is 5.91 Å². The molecule has 6 nitrogen and oxygen atoms in total. The van der Waals surface area contributed by atoms with E-state index in [4.69, 9.17) is 4.74 Å². The van der Waals surface area contributed by atoms with Gasteiger partial charge < -0.3 is 15.0 Å². The number of thiophene rings is 1. The van der Waals surface area contributed by atoms with Crippen LogP contribution in [0.5, 0.6) is 5.75 Å². The first-order valence-electron chi connectivity index (χ1n) is 8.78. The molecule has 1 aliphatic heterocycles. The second-order valence-corrected chi connectivity index (χ2v) is 7.29. The number of carbonyl (C=O) groups excluding carboxylic acids is 2. The van der Waals surface area contributed by atoms with Crippen molar-refractivity contribution in [1.82, 2.24) is 15.1 Å². The average Bonchev–Trinajstić information content (AvgIpc) is 3.20. The van der Waals surface area contributed by atoms with E-state index < -0.39 is 0 Å². The van der Waals surface area contributed by atoms with Gasteiger partial charge in [0.1, 0.15) is 11.6 Å². The van der Waals surface area contributed by atoms with Gasteiger partial charge in [0, 0.05) is 31.1 Å². The van der Waals surface area contributed by atoms with Crippen molar-refractivity contribution in [2.45, 2.75) is 6.54 Å². The fourth-order valence-corrected chi connectivity index (χ4v) is 3.42. The van der Waals surface area contributed by atoms with Gasteiger partial charge >= 0.3 is 0 Å². The lowest BCUT2D eigenvalue weighted by atomic mass is 10.3. The Morgan fingerprint density at radius 2 is 1.85 bits per heavy atom. The summed E-state index contributed by atoms with van der Waals surface area (Å²) in [7, 11) is 0. The number of ether oxygens (including phenoxy) is 1. The molecule has 1 N–H and O–H groups in total. The van der Waals surface area contributed by atoms with Crippen molar-refractivity contribution >= 4 is 23.2 Å². The zero-order chi connectivity index (χ0) is 19.1. The molecule has 1 fully saturated rings. The second-order valence-electron chi connectivity index (χ2n) is 6.26. The number of benzene rings is 1. The van der Waals surface area contributed by atoms with Gasteiger partial charge in [-0.15, -0.1) is 11.3 Å². The van der Waals surface area contributed by atoms with E-state index in [2.05, 4.69) is 5.32 Å². The Morgan fingerprint density at radius 3 is 2.52 bits per heavy atom. The number of hydrogen-bond donors (Lipinski definition) is 1. The van der Waals surface area contributed by atoms with Crippen LogP contribution in [0.4, 0.5) is 4.39 Å². The lowest BCUT2D eigenvalue weighted by Gasteiger charge is -2.34. The molecule has 8 heteroatoms. The van der Waals surface area contributed by atoms with Crippen molar-refractivity contribution in [1.29, 1.82) is 0 Å². The standard InChI is InChI=1S/C19H22FN3O3S/c20-15-3-5-16(6-4-15)26-14-19(25)23-9-7-22(8-10-23)13-18(24)21-12-17-2-1-11-27-17/h1-6,11H,7-10,12-14H2,(H,21,24). The topological polar surface area (TPSA) is 61.9 Å². The quantitative estimate of drug-likeness (QED) is 0.781. The van der Waals surface area contributed by atoms with Crippen LogP contribution < -0.4 is 10.1 Å². The number of halogens is 1. The molecule has 2 aromatic rings. The molecule has 0 aliphatic carbocycles. The predicted molar refractivity (Wildman–Crippen MR) is 101 cm³/mol. The number of piperazine rings is 1. The van der Waals surface area contributed by atoms with E-state index in [1.165, 1.54) is 24.3 Å². The Labute approximate surface area is 161 Å². The minimum absolute atomic E-state index is 0.0113. The number of nitrogens with zero attached hydrogens (tertiary/aromatic N) is 2. The molecule has 144 valence electrons. The zero-order valence-corrected chi connectivity index (χ0v) is 15.7. The summed E-state index contributed by atoms with van der Waals surface area (Å²) in [6.45, 7) is 3.22. The van der Waals surface area contributed by atoms with Crippen molar-refractivity contribution in [3.05, 3.63) is 52.5 Å². The monoisotopic (exact) mass is 391 g/mol. The SMILES string of the molecule is O=C(CN1CCN(C(=O)COc2ccc(F)cc2)CC1)NCc1cccs1. The van der Waals surface area contributed by atoms with E-state index in [0.29, 0.717) is 45.0 Å². The number of amides is 2. The summed E-state index contributed by atoms with van der Waals surface area (Å²) in [4.78, 5) is 29.1. The summed E-state index contributed by atoms with van der Waals surface area (Å²) < 4.78 is 18.3. The Kier molecular flexibility index (Phi) is 6.78. The van der Waals surface area contributed by atoms with Gasteiger partial charge in [0.15, 0.2) is 6.61 Å². The molecule has 0 radical (unpaired) electrons. The molecule has 2 amide bonds. The highest BCUT2D eigenvalue weighted by atomic mass is 32.1. The van der Waals surface area contributed by atoms with Crippen molar-refractivity contribution in [3.63, 3.8) is 0 Å². The molecule has 27 heavy (non-hydrogen) atoms. The van der Waals surface area contributed by atoms with Gasteiger partial charge in [-0.05, 0) is 35.7 Å². The molecule has 1 saturated heterocycles. The summed E-state index contributed by atoms with van der Waals surface area (Å²) in [5.74, 6) is -0.000960. The van der Waals surface area contributed by atoms with Crippen LogP contribution in [0, 0.1) is 5.82 Å². The molecule has 1 aromatic heterocycles. The average molecular weight is 391 g/mol. The summed E-state index contributed by atoms with van der Waals surface area (Å²) in [6.07, 6.45) is 0. The van der Waals surface area contributed by atoms with Crippen LogP contribution in [0.15, 0.2) is 41.8 Å². The summed E-state index contributed by atoms with van der Waals surface area (Å²) in [5.41, 5.74) is 0. The highest BCUT2D eigenvalue weighted by molar-refractivity contribution is 7.09. The smallest absolute Gasteiger partial charge is 0.260 e. The van der Waals surface area contributed by atoms with Gasteiger partial charge in [-0.25, -0.2) is 4.39 Å². The molecule has 0 saturated carbocycles. The molecular weight excluding hydrogens is 369 g/mol. The van der Waals surface area contributed by atoms with E-state index in [1.54, 1.807) is 16.2 Å². The van der Waals surface area contributed by atoms with E-state index in [1.807, 2.05) is 22.4 Å². The maximum Gasteiger partial charge on any atom is 0.260 e. The third-order valence-electron chi connectivity index (χ3n) is 4.31. The van der Waals surface area contributed by atoms with Crippen LogP contribution in [0.1, 0.15) is 4.88 Å². The fraction of sp³-hybridized carbons (Fsp3) is 0.368. The minimum atomic E-state index is -0.343. The third kappa shape index (κ3) is 6.04.